The first-order valence-electron chi connectivity index (χ1n) is 10.1. The number of hydrazone groups is 1. The molecule has 0 atom stereocenters. The van der Waals surface area contributed by atoms with Crippen LogP contribution < -0.4 is 5.43 Å². The standard InChI is InChI=1S/C22H25F3N4O2/c1-2-31-21(30)20(27-26-19-10-6-9-18(15-19)22(23,24)25)29-13-11-28(12-14-29)16-17-7-4-3-5-8-17/h3-10,15,26H,2,11-14,16H2,1H3/b27-20-. The topological polar surface area (TPSA) is 57.2 Å². The van der Waals surface area contributed by atoms with E-state index in [0.717, 1.165) is 31.8 Å². The molecule has 0 spiro atoms. The maximum absolute atomic E-state index is 12.9. The van der Waals surface area contributed by atoms with E-state index in [4.69, 9.17) is 4.74 Å². The number of piperazine rings is 1. The summed E-state index contributed by atoms with van der Waals surface area (Å²) in [7, 11) is 0. The van der Waals surface area contributed by atoms with Gasteiger partial charge < -0.3 is 9.64 Å². The quantitative estimate of drug-likeness (QED) is 0.336. The van der Waals surface area contributed by atoms with Gasteiger partial charge in [-0.1, -0.05) is 36.4 Å². The Balaban J connectivity index is 1.68. The van der Waals surface area contributed by atoms with Gasteiger partial charge in [0.05, 0.1) is 17.9 Å². The van der Waals surface area contributed by atoms with Gasteiger partial charge in [0.15, 0.2) is 0 Å². The molecule has 1 saturated heterocycles. The van der Waals surface area contributed by atoms with Gasteiger partial charge in [-0.25, -0.2) is 4.79 Å². The van der Waals surface area contributed by atoms with E-state index in [0.29, 0.717) is 13.1 Å². The average molecular weight is 434 g/mol. The van der Waals surface area contributed by atoms with Crippen molar-refractivity contribution in [2.45, 2.75) is 19.6 Å². The molecule has 1 aliphatic rings. The number of esters is 1. The molecule has 0 aliphatic carbocycles. The third kappa shape index (κ3) is 6.45. The lowest BCUT2D eigenvalue weighted by Gasteiger charge is -2.35. The Bertz CT molecular complexity index is 895. The van der Waals surface area contributed by atoms with E-state index in [1.807, 2.05) is 18.2 Å². The SMILES string of the molecule is CCOC(=O)/C(=N/Nc1cccc(C(F)(F)F)c1)N1CCN(Cc2ccccc2)CC1. The van der Waals surface area contributed by atoms with Crippen LogP contribution >= 0.6 is 0 Å². The van der Waals surface area contributed by atoms with Gasteiger partial charge in [0, 0.05) is 32.7 Å². The van der Waals surface area contributed by atoms with Gasteiger partial charge in [-0.15, -0.1) is 5.10 Å². The van der Waals surface area contributed by atoms with Crippen LogP contribution in [-0.2, 0) is 22.3 Å². The molecule has 31 heavy (non-hydrogen) atoms. The summed E-state index contributed by atoms with van der Waals surface area (Å²) in [6.07, 6.45) is -4.46. The lowest BCUT2D eigenvalue weighted by atomic mass is 10.2. The fourth-order valence-corrected chi connectivity index (χ4v) is 3.28. The summed E-state index contributed by atoms with van der Waals surface area (Å²) in [6, 6.07) is 14.8. The molecule has 2 aromatic carbocycles. The van der Waals surface area contributed by atoms with E-state index < -0.39 is 17.7 Å². The van der Waals surface area contributed by atoms with Crippen molar-refractivity contribution in [3.8, 4) is 0 Å². The number of amidine groups is 1. The van der Waals surface area contributed by atoms with Gasteiger partial charge in [-0.3, -0.25) is 10.3 Å². The van der Waals surface area contributed by atoms with E-state index >= 15 is 0 Å². The molecule has 1 N–H and O–H groups in total. The van der Waals surface area contributed by atoms with Crippen molar-refractivity contribution in [2.24, 2.45) is 5.10 Å². The number of benzene rings is 2. The average Bonchev–Trinajstić information content (AvgIpc) is 2.75. The third-order valence-electron chi connectivity index (χ3n) is 4.86. The van der Waals surface area contributed by atoms with Gasteiger partial charge in [0.2, 0.25) is 5.84 Å². The number of rotatable bonds is 5. The molecule has 1 aliphatic heterocycles. The summed E-state index contributed by atoms with van der Waals surface area (Å²) in [5.74, 6) is -0.558. The number of alkyl halides is 3. The fraction of sp³-hybridized carbons (Fsp3) is 0.364. The lowest BCUT2D eigenvalue weighted by molar-refractivity contribution is -0.138. The van der Waals surface area contributed by atoms with Crippen LogP contribution in [0, 0.1) is 0 Å². The highest BCUT2D eigenvalue weighted by molar-refractivity contribution is 6.35. The van der Waals surface area contributed by atoms with Crippen LogP contribution in [0.25, 0.3) is 0 Å². The molecule has 3 rings (SSSR count). The molecule has 1 heterocycles. The second-order valence-corrected chi connectivity index (χ2v) is 7.10. The van der Waals surface area contributed by atoms with Crippen molar-refractivity contribution >= 4 is 17.5 Å². The van der Waals surface area contributed by atoms with Gasteiger partial charge in [0.25, 0.3) is 0 Å². The first-order valence-corrected chi connectivity index (χ1v) is 10.1. The molecular formula is C22H25F3N4O2. The number of carbonyl (C=O) groups excluding carboxylic acids is 1. The third-order valence-corrected chi connectivity index (χ3v) is 4.86. The summed E-state index contributed by atoms with van der Waals surface area (Å²) in [5, 5.41) is 4.10. The zero-order valence-electron chi connectivity index (χ0n) is 17.2. The molecule has 2 aromatic rings. The normalized spacial score (nSPS) is 15.6. The fourth-order valence-electron chi connectivity index (χ4n) is 3.28. The van der Waals surface area contributed by atoms with Crippen molar-refractivity contribution in [1.29, 1.82) is 0 Å². The number of ether oxygens (including phenoxy) is 1. The second kappa shape index (κ2) is 10.3. The van der Waals surface area contributed by atoms with Crippen LogP contribution in [0.2, 0.25) is 0 Å². The predicted octanol–water partition coefficient (Wildman–Crippen LogP) is 3.81. The maximum atomic E-state index is 12.9. The molecule has 0 bridgehead atoms. The number of hydrogen-bond acceptors (Lipinski definition) is 5. The number of anilines is 1. The zero-order chi connectivity index (χ0) is 22.3. The smallest absolute Gasteiger partial charge is 0.416 e. The van der Waals surface area contributed by atoms with Gasteiger partial charge >= 0.3 is 12.1 Å². The summed E-state index contributed by atoms with van der Waals surface area (Å²) in [5.41, 5.74) is 3.13. The van der Waals surface area contributed by atoms with Crippen molar-refractivity contribution < 1.29 is 22.7 Å². The van der Waals surface area contributed by atoms with Crippen LogP contribution in [-0.4, -0.2) is 54.4 Å². The molecule has 0 saturated carbocycles. The molecule has 0 amide bonds. The molecule has 0 aromatic heterocycles. The Morgan fingerprint density at radius 1 is 1.06 bits per heavy atom. The van der Waals surface area contributed by atoms with E-state index in [9.17, 15) is 18.0 Å². The van der Waals surface area contributed by atoms with Crippen LogP contribution in [0.4, 0.5) is 18.9 Å². The van der Waals surface area contributed by atoms with Gasteiger partial charge in [0.1, 0.15) is 0 Å². The molecule has 9 heteroatoms. The highest BCUT2D eigenvalue weighted by Gasteiger charge is 2.30. The minimum Gasteiger partial charge on any atom is -0.460 e. The lowest BCUT2D eigenvalue weighted by Crippen LogP contribution is -2.50. The highest BCUT2D eigenvalue weighted by Crippen LogP contribution is 2.30. The Kier molecular flexibility index (Phi) is 7.51. The molecular weight excluding hydrogens is 409 g/mol. The maximum Gasteiger partial charge on any atom is 0.416 e. The number of nitrogens with one attached hydrogen (secondary N) is 1. The van der Waals surface area contributed by atoms with Gasteiger partial charge in [-0.05, 0) is 30.7 Å². The predicted molar refractivity (Wildman–Crippen MR) is 112 cm³/mol. The van der Waals surface area contributed by atoms with Crippen molar-refractivity contribution in [2.75, 3.05) is 38.2 Å². The zero-order valence-corrected chi connectivity index (χ0v) is 17.2. The largest absolute Gasteiger partial charge is 0.460 e. The van der Waals surface area contributed by atoms with E-state index in [1.54, 1.807) is 11.8 Å². The Hall–Kier alpha value is -3.07. The number of nitrogens with zero attached hydrogens (tertiary/aromatic N) is 3. The summed E-state index contributed by atoms with van der Waals surface area (Å²) >= 11 is 0. The minimum atomic E-state index is -4.46. The Morgan fingerprint density at radius 2 is 1.77 bits per heavy atom. The Morgan fingerprint density at radius 3 is 2.42 bits per heavy atom. The van der Waals surface area contributed by atoms with Crippen LogP contribution in [0.15, 0.2) is 59.7 Å². The molecule has 166 valence electrons. The van der Waals surface area contributed by atoms with Crippen LogP contribution in [0.1, 0.15) is 18.1 Å². The summed E-state index contributed by atoms with van der Waals surface area (Å²) in [6.45, 7) is 5.21. The highest BCUT2D eigenvalue weighted by atomic mass is 19.4. The van der Waals surface area contributed by atoms with E-state index in [2.05, 4.69) is 27.6 Å². The summed E-state index contributed by atoms with van der Waals surface area (Å²) in [4.78, 5) is 16.5. The summed E-state index contributed by atoms with van der Waals surface area (Å²) < 4.78 is 43.9. The molecule has 0 radical (unpaired) electrons. The Labute approximate surface area is 179 Å². The van der Waals surface area contributed by atoms with Crippen molar-refractivity contribution in [3.63, 3.8) is 0 Å². The van der Waals surface area contributed by atoms with E-state index in [1.165, 1.54) is 17.7 Å². The first-order chi connectivity index (χ1) is 14.9. The second-order valence-electron chi connectivity index (χ2n) is 7.10. The monoisotopic (exact) mass is 434 g/mol. The minimum absolute atomic E-state index is 0.0543. The van der Waals surface area contributed by atoms with Crippen molar-refractivity contribution in [1.82, 2.24) is 9.80 Å². The van der Waals surface area contributed by atoms with Crippen LogP contribution in [0.3, 0.4) is 0 Å². The van der Waals surface area contributed by atoms with Crippen LogP contribution in [0.5, 0.6) is 0 Å². The molecule has 0 unspecified atom stereocenters. The number of hydrogen-bond donors (Lipinski definition) is 1. The number of carbonyl (C=O) groups is 1. The number of halogens is 3. The van der Waals surface area contributed by atoms with E-state index in [-0.39, 0.29) is 18.1 Å². The van der Waals surface area contributed by atoms with Gasteiger partial charge in [-0.2, -0.15) is 13.2 Å². The molecule has 6 nitrogen and oxygen atoms in total. The van der Waals surface area contributed by atoms with Crippen molar-refractivity contribution in [3.05, 3.63) is 65.7 Å². The first kappa shape index (κ1) is 22.6. The molecule has 1 fully saturated rings.